The lowest BCUT2D eigenvalue weighted by Crippen LogP contribution is -2.30. The Labute approximate surface area is 163 Å². The van der Waals surface area contributed by atoms with E-state index in [0.29, 0.717) is 30.3 Å². The molecule has 0 saturated heterocycles. The van der Waals surface area contributed by atoms with E-state index in [1.807, 2.05) is 13.8 Å². The van der Waals surface area contributed by atoms with Gasteiger partial charge < -0.3 is 19.9 Å². The normalized spacial score (nSPS) is 11.4. The summed E-state index contributed by atoms with van der Waals surface area (Å²) in [4.78, 5) is 36.6. The molecule has 0 fully saturated rings. The molecule has 1 atom stereocenters. The second kappa shape index (κ2) is 9.55. The minimum Gasteiger partial charge on any atom is -0.490 e. The maximum atomic E-state index is 13.0. The number of ether oxygens (including phenoxy) is 3. The van der Waals surface area contributed by atoms with Crippen LogP contribution in [0.1, 0.15) is 47.1 Å². The van der Waals surface area contributed by atoms with Crippen LogP contribution in [-0.2, 0) is 9.53 Å². The molecule has 2 aromatic carbocycles. The molecule has 7 heteroatoms. The Balaban J connectivity index is 2.38. The van der Waals surface area contributed by atoms with Crippen molar-refractivity contribution in [2.24, 2.45) is 5.73 Å². The number of benzene rings is 2. The standard InChI is InChI=1S/C21H23NO6/c1-4-26-17-11-10-14(12-18(17)27-5-2)19(23)15-8-6-7-9-16(15)21(25)28-13(3)20(22)24/h6-13H,4-5H2,1-3H3,(H2,22,24)/t13-/m1/s1. The molecule has 1 amide bonds. The van der Waals surface area contributed by atoms with Crippen LogP contribution in [0.25, 0.3) is 0 Å². The summed E-state index contributed by atoms with van der Waals surface area (Å²) in [7, 11) is 0. The van der Waals surface area contributed by atoms with Crippen molar-refractivity contribution in [3.05, 3.63) is 59.2 Å². The number of hydrogen-bond acceptors (Lipinski definition) is 6. The van der Waals surface area contributed by atoms with Gasteiger partial charge in [0.15, 0.2) is 23.4 Å². The highest BCUT2D eigenvalue weighted by Crippen LogP contribution is 2.30. The number of carbonyl (C=O) groups is 3. The predicted octanol–water partition coefficient (Wildman–Crippen LogP) is 2.75. The molecule has 28 heavy (non-hydrogen) atoms. The fraction of sp³-hybridized carbons (Fsp3) is 0.286. The van der Waals surface area contributed by atoms with E-state index in [0.717, 1.165) is 0 Å². The molecule has 0 aliphatic heterocycles. The van der Waals surface area contributed by atoms with Crippen LogP contribution in [0.5, 0.6) is 11.5 Å². The van der Waals surface area contributed by atoms with Crippen LogP contribution in [0.3, 0.4) is 0 Å². The molecule has 0 bridgehead atoms. The molecule has 0 aliphatic rings. The average Bonchev–Trinajstić information content (AvgIpc) is 2.69. The molecule has 0 spiro atoms. The molecule has 0 aromatic heterocycles. The lowest BCUT2D eigenvalue weighted by atomic mass is 9.98. The first-order valence-corrected chi connectivity index (χ1v) is 8.92. The van der Waals surface area contributed by atoms with Gasteiger partial charge in [0.05, 0.1) is 18.8 Å². The summed E-state index contributed by atoms with van der Waals surface area (Å²) in [6.07, 6.45) is -1.11. The van der Waals surface area contributed by atoms with Crippen molar-refractivity contribution in [1.82, 2.24) is 0 Å². The third-order valence-electron chi connectivity index (χ3n) is 3.88. The SMILES string of the molecule is CCOc1ccc(C(=O)c2ccccc2C(=O)O[C@H](C)C(N)=O)cc1OCC. The summed E-state index contributed by atoms with van der Waals surface area (Å²) >= 11 is 0. The Kier molecular flexibility index (Phi) is 7.14. The van der Waals surface area contributed by atoms with Crippen molar-refractivity contribution >= 4 is 17.7 Å². The Hall–Kier alpha value is -3.35. The zero-order chi connectivity index (χ0) is 20.7. The summed E-state index contributed by atoms with van der Waals surface area (Å²) in [5.41, 5.74) is 5.65. The fourth-order valence-electron chi connectivity index (χ4n) is 2.49. The Morgan fingerprint density at radius 3 is 2.14 bits per heavy atom. The zero-order valence-electron chi connectivity index (χ0n) is 16.1. The van der Waals surface area contributed by atoms with Crippen molar-refractivity contribution in [3.8, 4) is 11.5 Å². The van der Waals surface area contributed by atoms with E-state index in [1.165, 1.54) is 19.1 Å². The van der Waals surface area contributed by atoms with Gasteiger partial charge in [0.25, 0.3) is 5.91 Å². The molecule has 0 unspecified atom stereocenters. The van der Waals surface area contributed by atoms with Gasteiger partial charge in [0, 0.05) is 11.1 Å². The molecule has 2 aromatic rings. The number of amides is 1. The second-order valence-corrected chi connectivity index (χ2v) is 5.85. The molecule has 0 aliphatic carbocycles. The van der Waals surface area contributed by atoms with Crippen LogP contribution in [0.15, 0.2) is 42.5 Å². The van der Waals surface area contributed by atoms with Crippen LogP contribution in [0.2, 0.25) is 0 Å². The highest BCUT2D eigenvalue weighted by molar-refractivity contribution is 6.14. The summed E-state index contributed by atoms with van der Waals surface area (Å²) < 4.78 is 16.1. The zero-order valence-corrected chi connectivity index (χ0v) is 16.1. The number of esters is 1. The van der Waals surface area contributed by atoms with E-state index < -0.39 is 18.0 Å². The molecule has 0 saturated carbocycles. The van der Waals surface area contributed by atoms with Crippen LogP contribution >= 0.6 is 0 Å². The minimum absolute atomic E-state index is 0.0486. The van der Waals surface area contributed by atoms with Crippen molar-refractivity contribution < 1.29 is 28.6 Å². The first-order valence-electron chi connectivity index (χ1n) is 8.92. The molecule has 7 nitrogen and oxygen atoms in total. The average molecular weight is 385 g/mol. The third-order valence-corrected chi connectivity index (χ3v) is 3.88. The maximum absolute atomic E-state index is 13.0. The van der Waals surface area contributed by atoms with E-state index in [-0.39, 0.29) is 16.9 Å². The largest absolute Gasteiger partial charge is 0.490 e. The van der Waals surface area contributed by atoms with E-state index in [1.54, 1.807) is 30.3 Å². The fourth-order valence-corrected chi connectivity index (χ4v) is 2.49. The molecule has 0 heterocycles. The molecule has 148 valence electrons. The van der Waals surface area contributed by atoms with Crippen molar-refractivity contribution in [2.45, 2.75) is 26.9 Å². The number of primary amides is 1. The minimum atomic E-state index is -1.11. The van der Waals surface area contributed by atoms with Gasteiger partial charge in [-0.2, -0.15) is 0 Å². The highest BCUT2D eigenvalue weighted by atomic mass is 16.5. The molecule has 2 rings (SSSR count). The first kappa shape index (κ1) is 21.0. The molecule has 2 N–H and O–H groups in total. The van der Waals surface area contributed by atoms with Gasteiger partial charge in [0.1, 0.15) is 0 Å². The maximum Gasteiger partial charge on any atom is 0.339 e. The lowest BCUT2D eigenvalue weighted by Gasteiger charge is -2.14. The lowest BCUT2D eigenvalue weighted by molar-refractivity contribution is -0.125. The topological polar surface area (TPSA) is 105 Å². The molecular formula is C21H23NO6. The summed E-state index contributed by atoms with van der Waals surface area (Å²) in [5, 5.41) is 0. The van der Waals surface area contributed by atoms with Crippen molar-refractivity contribution in [2.75, 3.05) is 13.2 Å². The number of hydrogen-bond donors (Lipinski definition) is 1. The Morgan fingerprint density at radius 1 is 0.929 bits per heavy atom. The summed E-state index contributed by atoms with van der Waals surface area (Å²) in [5.74, 6) is -0.985. The number of ketones is 1. The third kappa shape index (κ3) is 4.88. The molecular weight excluding hydrogens is 362 g/mol. The first-order chi connectivity index (χ1) is 13.4. The van der Waals surface area contributed by atoms with Gasteiger partial charge in [-0.1, -0.05) is 18.2 Å². The van der Waals surface area contributed by atoms with E-state index in [9.17, 15) is 14.4 Å². The van der Waals surface area contributed by atoms with Gasteiger partial charge in [-0.3, -0.25) is 9.59 Å². The summed E-state index contributed by atoms with van der Waals surface area (Å²) in [6.45, 7) is 5.91. The predicted molar refractivity (Wildman–Crippen MR) is 103 cm³/mol. The second-order valence-electron chi connectivity index (χ2n) is 5.85. The van der Waals surface area contributed by atoms with Crippen LogP contribution in [-0.4, -0.2) is 37.0 Å². The number of rotatable bonds is 9. The van der Waals surface area contributed by atoms with E-state index in [4.69, 9.17) is 19.9 Å². The number of carbonyl (C=O) groups excluding carboxylic acids is 3. The van der Waals surface area contributed by atoms with Crippen LogP contribution in [0.4, 0.5) is 0 Å². The van der Waals surface area contributed by atoms with E-state index in [2.05, 4.69) is 0 Å². The van der Waals surface area contributed by atoms with E-state index >= 15 is 0 Å². The van der Waals surface area contributed by atoms with Gasteiger partial charge in [0.2, 0.25) is 0 Å². The Bertz CT molecular complexity index is 877. The highest BCUT2D eigenvalue weighted by Gasteiger charge is 2.23. The summed E-state index contributed by atoms with van der Waals surface area (Å²) in [6, 6.07) is 11.0. The van der Waals surface area contributed by atoms with Crippen LogP contribution in [0, 0.1) is 0 Å². The van der Waals surface area contributed by atoms with Gasteiger partial charge in [-0.25, -0.2) is 4.79 Å². The smallest absolute Gasteiger partial charge is 0.339 e. The number of nitrogens with two attached hydrogens (primary N) is 1. The quantitative estimate of drug-likeness (QED) is 0.526. The monoisotopic (exact) mass is 385 g/mol. The van der Waals surface area contributed by atoms with Crippen LogP contribution < -0.4 is 15.2 Å². The van der Waals surface area contributed by atoms with Gasteiger partial charge >= 0.3 is 5.97 Å². The van der Waals surface area contributed by atoms with Crippen molar-refractivity contribution in [1.29, 1.82) is 0 Å². The Morgan fingerprint density at radius 2 is 1.54 bits per heavy atom. The molecule has 0 radical (unpaired) electrons. The van der Waals surface area contributed by atoms with Crippen molar-refractivity contribution in [3.63, 3.8) is 0 Å². The van der Waals surface area contributed by atoms with Gasteiger partial charge in [-0.15, -0.1) is 0 Å². The van der Waals surface area contributed by atoms with Gasteiger partial charge in [-0.05, 0) is 45.0 Å².